The number of rotatable bonds is 4. The lowest BCUT2D eigenvalue weighted by Gasteiger charge is -2.08. The Morgan fingerprint density at radius 1 is 1.11 bits per heavy atom. The second kappa shape index (κ2) is 6.72. The lowest BCUT2D eigenvalue weighted by Crippen LogP contribution is -2.22. The van der Waals surface area contributed by atoms with E-state index >= 15 is 0 Å². The lowest BCUT2D eigenvalue weighted by atomic mass is 10.0. The minimum atomic E-state index is -0.509. The topological polar surface area (TPSA) is 73.2 Å². The maximum atomic E-state index is 12.3. The summed E-state index contributed by atoms with van der Waals surface area (Å²) >= 11 is 0. The predicted octanol–water partition coefficient (Wildman–Crippen LogP) is 3.10. The maximum Gasteiger partial charge on any atom is 0.338 e. The van der Waals surface area contributed by atoms with Crippen LogP contribution in [0.15, 0.2) is 48.5 Å². The van der Waals surface area contributed by atoms with Crippen molar-refractivity contribution in [2.24, 2.45) is 7.05 Å². The van der Waals surface area contributed by atoms with Gasteiger partial charge in [-0.1, -0.05) is 30.3 Å². The van der Waals surface area contributed by atoms with Gasteiger partial charge in [-0.15, -0.1) is 0 Å². The smallest absolute Gasteiger partial charge is 0.338 e. The second-order valence-electron chi connectivity index (χ2n) is 6.62. The van der Waals surface area contributed by atoms with Gasteiger partial charge in [0.15, 0.2) is 6.61 Å². The van der Waals surface area contributed by atoms with Crippen molar-refractivity contribution in [3.8, 4) is 11.1 Å². The molecule has 0 atom stereocenters. The van der Waals surface area contributed by atoms with Crippen LogP contribution in [0.2, 0.25) is 0 Å². The number of fused-ring (bicyclic) bond motifs is 3. The summed E-state index contributed by atoms with van der Waals surface area (Å²) in [6.45, 7) is 1.49. The van der Waals surface area contributed by atoms with E-state index in [0.717, 1.165) is 23.2 Å². The van der Waals surface area contributed by atoms with Gasteiger partial charge >= 0.3 is 5.97 Å². The fourth-order valence-electron chi connectivity index (χ4n) is 3.39. The molecule has 2 aromatic carbocycles. The summed E-state index contributed by atoms with van der Waals surface area (Å²) in [7, 11) is 1.73. The largest absolute Gasteiger partial charge is 0.452 e. The van der Waals surface area contributed by atoms with E-state index in [2.05, 4.69) is 22.5 Å². The standard InChI is InChI=1S/C21H19N3O3/c1-13-9-19(24(2)23-13)22-20(25)12-27-21(26)15-7-8-18-16(11-15)10-14-5-3-4-6-17(14)18/h3-9,11H,10,12H2,1-2H3,(H,22,25). The van der Waals surface area contributed by atoms with Gasteiger partial charge in [-0.3, -0.25) is 9.48 Å². The van der Waals surface area contributed by atoms with Crippen LogP contribution in [0.3, 0.4) is 0 Å². The average molecular weight is 361 g/mol. The molecule has 6 heteroatoms. The quantitative estimate of drug-likeness (QED) is 0.567. The molecule has 1 aromatic heterocycles. The van der Waals surface area contributed by atoms with E-state index in [4.69, 9.17) is 4.74 Å². The van der Waals surface area contributed by atoms with E-state index < -0.39 is 11.9 Å². The van der Waals surface area contributed by atoms with E-state index in [1.807, 2.05) is 31.2 Å². The minimum Gasteiger partial charge on any atom is -0.452 e. The summed E-state index contributed by atoms with van der Waals surface area (Å²) < 4.78 is 6.73. The van der Waals surface area contributed by atoms with E-state index in [-0.39, 0.29) is 6.61 Å². The van der Waals surface area contributed by atoms with Crippen LogP contribution in [0.4, 0.5) is 5.82 Å². The van der Waals surface area contributed by atoms with Crippen LogP contribution in [0.5, 0.6) is 0 Å². The number of benzene rings is 2. The van der Waals surface area contributed by atoms with Crippen molar-refractivity contribution < 1.29 is 14.3 Å². The highest BCUT2D eigenvalue weighted by Gasteiger charge is 2.20. The number of anilines is 1. The first-order chi connectivity index (χ1) is 13.0. The highest BCUT2D eigenvalue weighted by Crippen LogP contribution is 2.36. The zero-order valence-corrected chi connectivity index (χ0v) is 15.2. The van der Waals surface area contributed by atoms with Crippen molar-refractivity contribution in [2.75, 3.05) is 11.9 Å². The van der Waals surface area contributed by atoms with Gasteiger partial charge in [-0.2, -0.15) is 5.10 Å². The van der Waals surface area contributed by atoms with Crippen LogP contribution >= 0.6 is 0 Å². The summed E-state index contributed by atoms with van der Waals surface area (Å²) in [5, 5.41) is 6.83. The van der Waals surface area contributed by atoms with Gasteiger partial charge in [0.2, 0.25) is 0 Å². The molecule has 1 heterocycles. The molecule has 4 rings (SSSR count). The number of hydrogen-bond donors (Lipinski definition) is 1. The molecular formula is C21H19N3O3. The molecule has 0 bridgehead atoms. The molecule has 1 N–H and O–H groups in total. The Morgan fingerprint density at radius 3 is 2.67 bits per heavy atom. The normalized spacial score (nSPS) is 11.6. The average Bonchev–Trinajstić information content (AvgIpc) is 3.18. The third-order valence-corrected chi connectivity index (χ3v) is 4.63. The van der Waals surface area contributed by atoms with Gasteiger partial charge in [0.1, 0.15) is 5.82 Å². The van der Waals surface area contributed by atoms with E-state index in [0.29, 0.717) is 11.4 Å². The summed E-state index contributed by atoms with van der Waals surface area (Å²) in [5.41, 5.74) is 5.95. The number of hydrogen-bond acceptors (Lipinski definition) is 4. The van der Waals surface area contributed by atoms with Crippen LogP contribution in [0, 0.1) is 6.92 Å². The lowest BCUT2D eigenvalue weighted by molar-refractivity contribution is -0.119. The first kappa shape index (κ1) is 17.0. The summed E-state index contributed by atoms with van der Waals surface area (Å²) in [6.07, 6.45) is 0.799. The molecule has 27 heavy (non-hydrogen) atoms. The Bertz CT molecular complexity index is 1050. The highest BCUT2D eigenvalue weighted by molar-refractivity contribution is 5.96. The summed E-state index contributed by atoms with van der Waals surface area (Å²) in [5.74, 6) is -0.353. The van der Waals surface area contributed by atoms with Crippen molar-refractivity contribution in [1.29, 1.82) is 0 Å². The maximum absolute atomic E-state index is 12.3. The number of amides is 1. The fourth-order valence-corrected chi connectivity index (χ4v) is 3.39. The Balaban J connectivity index is 1.40. The van der Waals surface area contributed by atoms with Crippen molar-refractivity contribution >= 4 is 17.7 Å². The second-order valence-corrected chi connectivity index (χ2v) is 6.62. The predicted molar refractivity (Wildman–Crippen MR) is 102 cm³/mol. The highest BCUT2D eigenvalue weighted by atomic mass is 16.5. The third kappa shape index (κ3) is 3.33. The molecule has 1 aliphatic carbocycles. The molecule has 6 nitrogen and oxygen atoms in total. The van der Waals surface area contributed by atoms with Crippen molar-refractivity contribution in [1.82, 2.24) is 9.78 Å². The molecule has 0 unspecified atom stereocenters. The number of nitrogens with zero attached hydrogens (tertiary/aromatic N) is 2. The molecule has 0 radical (unpaired) electrons. The van der Waals surface area contributed by atoms with Gasteiger partial charge in [-0.25, -0.2) is 4.79 Å². The van der Waals surface area contributed by atoms with E-state index in [1.165, 1.54) is 11.1 Å². The van der Waals surface area contributed by atoms with Crippen LogP contribution in [-0.4, -0.2) is 28.3 Å². The minimum absolute atomic E-state index is 0.347. The molecular weight excluding hydrogens is 342 g/mol. The van der Waals surface area contributed by atoms with Gasteiger partial charge in [0.25, 0.3) is 5.91 Å². The number of ether oxygens (including phenoxy) is 1. The number of carbonyl (C=O) groups excluding carboxylic acids is 2. The molecule has 0 saturated heterocycles. The van der Waals surface area contributed by atoms with Crippen LogP contribution in [0.1, 0.15) is 27.2 Å². The van der Waals surface area contributed by atoms with Crippen LogP contribution in [0.25, 0.3) is 11.1 Å². The first-order valence-electron chi connectivity index (χ1n) is 8.70. The molecule has 136 valence electrons. The zero-order valence-electron chi connectivity index (χ0n) is 15.2. The number of carbonyl (C=O) groups is 2. The van der Waals surface area contributed by atoms with Crippen LogP contribution in [-0.2, 0) is 23.0 Å². The molecule has 0 saturated carbocycles. The Morgan fingerprint density at radius 2 is 1.89 bits per heavy atom. The monoisotopic (exact) mass is 361 g/mol. The third-order valence-electron chi connectivity index (χ3n) is 4.63. The van der Waals surface area contributed by atoms with Gasteiger partial charge < -0.3 is 10.1 Å². The molecule has 1 amide bonds. The van der Waals surface area contributed by atoms with Crippen LogP contribution < -0.4 is 5.32 Å². The van der Waals surface area contributed by atoms with Gasteiger partial charge in [0, 0.05) is 13.1 Å². The first-order valence-corrected chi connectivity index (χ1v) is 8.70. The van der Waals surface area contributed by atoms with Gasteiger partial charge in [0.05, 0.1) is 11.3 Å². The Kier molecular flexibility index (Phi) is 4.24. The van der Waals surface area contributed by atoms with E-state index in [9.17, 15) is 9.59 Å². The Labute approximate surface area is 156 Å². The number of esters is 1. The molecule has 0 aliphatic heterocycles. The summed E-state index contributed by atoms with van der Waals surface area (Å²) in [4.78, 5) is 24.3. The number of nitrogens with one attached hydrogen (secondary N) is 1. The zero-order chi connectivity index (χ0) is 19.0. The SMILES string of the molecule is Cc1cc(NC(=O)COC(=O)c2ccc3c(c2)Cc2ccccc2-3)n(C)n1. The molecule has 1 aliphatic rings. The van der Waals surface area contributed by atoms with Gasteiger partial charge in [-0.05, 0) is 47.7 Å². The fraction of sp³-hybridized carbons (Fsp3) is 0.190. The Hall–Kier alpha value is -3.41. The molecule has 0 spiro atoms. The molecule has 0 fully saturated rings. The summed E-state index contributed by atoms with van der Waals surface area (Å²) in [6, 6.07) is 15.5. The number of aromatic nitrogens is 2. The molecule has 3 aromatic rings. The van der Waals surface area contributed by atoms with Crippen molar-refractivity contribution in [2.45, 2.75) is 13.3 Å². The van der Waals surface area contributed by atoms with Crippen molar-refractivity contribution in [3.05, 3.63) is 70.9 Å². The van der Waals surface area contributed by atoms with E-state index in [1.54, 1.807) is 23.9 Å². The number of aryl methyl sites for hydroxylation is 2. The van der Waals surface area contributed by atoms with Crippen molar-refractivity contribution in [3.63, 3.8) is 0 Å².